The number of fused-ring (bicyclic) bond motifs is 1. The van der Waals surface area contributed by atoms with E-state index >= 15 is 0 Å². The van der Waals surface area contributed by atoms with Gasteiger partial charge >= 0.3 is 0 Å². The fraction of sp³-hybridized carbons (Fsp3) is 0.0667. The summed E-state index contributed by atoms with van der Waals surface area (Å²) in [6.07, 6.45) is 1.98. The number of benzene rings is 2. The van der Waals surface area contributed by atoms with Crippen LogP contribution in [0.25, 0.3) is 10.2 Å². The Balaban J connectivity index is 1.83. The average molecular weight is 318 g/mol. The van der Waals surface area contributed by atoms with Gasteiger partial charge in [0, 0.05) is 11.3 Å². The highest BCUT2D eigenvalue weighted by Crippen LogP contribution is 2.30. The van der Waals surface area contributed by atoms with Crippen molar-refractivity contribution >= 4 is 44.9 Å². The highest BCUT2D eigenvalue weighted by atomic mass is 32.2. The summed E-state index contributed by atoms with van der Waals surface area (Å²) in [5.74, 6) is -0.619. The van der Waals surface area contributed by atoms with Crippen LogP contribution in [0.3, 0.4) is 0 Å². The third-order valence-corrected chi connectivity index (χ3v) is 4.91. The van der Waals surface area contributed by atoms with Gasteiger partial charge in [-0.2, -0.15) is 0 Å². The van der Waals surface area contributed by atoms with Gasteiger partial charge in [-0.05, 0) is 48.7 Å². The summed E-state index contributed by atoms with van der Waals surface area (Å²) < 4.78 is 14.9. The number of amides is 1. The van der Waals surface area contributed by atoms with Crippen molar-refractivity contribution in [1.29, 1.82) is 0 Å². The Labute approximate surface area is 129 Å². The van der Waals surface area contributed by atoms with Crippen LogP contribution in [0, 0.1) is 5.82 Å². The first-order chi connectivity index (χ1) is 10.2. The van der Waals surface area contributed by atoms with Crippen LogP contribution in [0.15, 0.2) is 46.8 Å². The average Bonchev–Trinajstić information content (AvgIpc) is 2.90. The predicted octanol–water partition coefficient (Wildman–Crippen LogP) is 4.41. The Morgan fingerprint density at radius 1 is 1.24 bits per heavy atom. The van der Waals surface area contributed by atoms with Gasteiger partial charge in [0.1, 0.15) is 5.82 Å². The van der Waals surface area contributed by atoms with Gasteiger partial charge in [0.15, 0.2) is 4.34 Å². The molecule has 1 N–H and O–H groups in total. The number of nitrogens with one attached hydrogen (secondary N) is 1. The minimum atomic E-state index is -0.359. The van der Waals surface area contributed by atoms with E-state index in [1.54, 1.807) is 23.1 Å². The quantitative estimate of drug-likeness (QED) is 0.727. The van der Waals surface area contributed by atoms with Crippen LogP contribution in [0.4, 0.5) is 10.1 Å². The van der Waals surface area contributed by atoms with E-state index in [-0.39, 0.29) is 11.7 Å². The first kappa shape index (κ1) is 14.0. The van der Waals surface area contributed by atoms with Crippen LogP contribution >= 0.6 is 23.1 Å². The van der Waals surface area contributed by atoms with Gasteiger partial charge in [0.2, 0.25) is 0 Å². The minimum Gasteiger partial charge on any atom is -0.322 e. The summed E-state index contributed by atoms with van der Waals surface area (Å²) in [5, 5.41) is 2.81. The van der Waals surface area contributed by atoms with Crippen molar-refractivity contribution in [3.05, 3.63) is 53.8 Å². The molecule has 0 saturated carbocycles. The topological polar surface area (TPSA) is 42.0 Å². The maximum absolute atomic E-state index is 12.8. The van der Waals surface area contributed by atoms with E-state index in [2.05, 4.69) is 10.3 Å². The van der Waals surface area contributed by atoms with Crippen molar-refractivity contribution in [2.24, 2.45) is 0 Å². The zero-order valence-corrected chi connectivity index (χ0v) is 12.7. The first-order valence-corrected chi connectivity index (χ1v) is 8.21. The molecule has 1 aromatic heterocycles. The number of thioether (sulfide) groups is 1. The molecule has 0 aliphatic heterocycles. The zero-order chi connectivity index (χ0) is 14.8. The Morgan fingerprint density at radius 2 is 2.00 bits per heavy atom. The van der Waals surface area contributed by atoms with Crippen molar-refractivity contribution in [3.63, 3.8) is 0 Å². The molecule has 0 aliphatic carbocycles. The van der Waals surface area contributed by atoms with Gasteiger partial charge in [0.05, 0.1) is 10.2 Å². The summed E-state index contributed by atoms with van der Waals surface area (Å²) in [6, 6.07) is 11.1. The number of carbonyl (C=O) groups is 1. The number of rotatable bonds is 3. The number of anilines is 1. The lowest BCUT2D eigenvalue weighted by Crippen LogP contribution is -2.11. The molecule has 1 heterocycles. The molecule has 0 radical (unpaired) electrons. The van der Waals surface area contributed by atoms with E-state index in [9.17, 15) is 9.18 Å². The van der Waals surface area contributed by atoms with Crippen LogP contribution in [0.1, 0.15) is 10.4 Å². The lowest BCUT2D eigenvalue weighted by molar-refractivity contribution is 0.102. The summed E-state index contributed by atoms with van der Waals surface area (Å²) >= 11 is 3.18. The number of nitrogens with zero attached hydrogens (tertiary/aromatic N) is 1. The molecular formula is C15H11FN2OS2. The van der Waals surface area contributed by atoms with Gasteiger partial charge in [0.25, 0.3) is 5.91 Å². The fourth-order valence-electron chi connectivity index (χ4n) is 1.87. The molecule has 0 spiro atoms. The number of hydrogen-bond acceptors (Lipinski definition) is 4. The van der Waals surface area contributed by atoms with Crippen LogP contribution < -0.4 is 5.32 Å². The monoisotopic (exact) mass is 318 g/mol. The molecule has 3 aromatic rings. The summed E-state index contributed by atoms with van der Waals surface area (Å²) in [4.78, 5) is 16.5. The van der Waals surface area contributed by atoms with Gasteiger partial charge in [-0.1, -0.05) is 11.8 Å². The number of carbonyl (C=O) groups excluding carboxylic acids is 1. The molecule has 0 saturated heterocycles. The third-order valence-electron chi connectivity index (χ3n) is 2.91. The molecule has 1 amide bonds. The maximum atomic E-state index is 12.8. The molecule has 0 atom stereocenters. The van der Waals surface area contributed by atoms with E-state index in [0.717, 1.165) is 14.6 Å². The van der Waals surface area contributed by atoms with Crippen LogP contribution in [-0.2, 0) is 0 Å². The number of hydrogen-bond donors (Lipinski definition) is 1. The van der Waals surface area contributed by atoms with Crippen LogP contribution in [0.5, 0.6) is 0 Å². The molecule has 0 unspecified atom stereocenters. The van der Waals surface area contributed by atoms with Gasteiger partial charge < -0.3 is 5.32 Å². The van der Waals surface area contributed by atoms with Crippen LogP contribution in [-0.4, -0.2) is 17.1 Å². The SMILES string of the molecule is CSc1nc2ccc(NC(=O)c3ccc(F)cc3)cc2s1. The van der Waals surface area contributed by atoms with E-state index in [1.807, 2.05) is 24.5 Å². The summed E-state index contributed by atoms with van der Waals surface area (Å²) in [6.45, 7) is 0. The first-order valence-electron chi connectivity index (χ1n) is 6.17. The molecule has 2 aromatic carbocycles. The van der Waals surface area contributed by atoms with E-state index in [0.29, 0.717) is 11.3 Å². The summed E-state index contributed by atoms with van der Waals surface area (Å²) in [7, 11) is 0. The highest BCUT2D eigenvalue weighted by Gasteiger charge is 2.08. The Kier molecular flexibility index (Phi) is 3.90. The van der Waals surface area contributed by atoms with E-state index < -0.39 is 0 Å². The standard InChI is InChI=1S/C15H11FN2OS2/c1-20-15-18-12-7-6-11(8-13(12)21-15)17-14(19)9-2-4-10(16)5-3-9/h2-8H,1H3,(H,17,19). The second-order valence-corrected chi connectivity index (χ2v) is 6.41. The predicted molar refractivity (Wildman–Crippen MR) is 85.8 cm³/mol. The molecule has 6 heteroatoms. The molecule has 0 bridgehead atoms. The second kappa shape index (κ2) is 5.83. The smallest absolute Gasteiger partial charge is 0.255 e. The lowest BCUT2D eigenvalue weighted by Gasteiger charge is -2.05. The van der Waals surface area contributed by atoms with Crippen molar-refractivity contribution < 1.29 is 9.18 Å². The van der Waals surface area contributed by atoms with Gasteiger partial charge in [-0.15, -0.1) is 11.3 Å². The molecule has 0 fully saturated rings. The third kappa shape index (κ3) is 3.06. The van der Waals surface area contributed by atoms with Crippen molar-refractivity contribution in [2.75, 3.05) is 11.6 Å². The molecule has 3 nitrogen and oxygen atoms in total. The van der Waals surface area contributed by atoms with Crippen molar-refractivity contribution in [2.45, 2.75) is 4.34 Å². The second-order valence-electron chi connectivity index (χ2n) is 4.33. The van der Waals surface area contributed by atoms with Gasteiger partial charge in [-0.25, -0.2) is 9.37 Å². The maximum Gasteiger partial charge on any atom is 0.255 e. The molecule has 21 heavy (non-hydrogen) atoms. The number of aromatic nitrogens is 1. The molecule has 3 rings (SSSR count). The van der Waals surface area contributed by atoms with Crippen molar-refractivity contribution in [3.8, 4) is 0 Å². The van der Waals surface area contributed by atoms with Gasteiger partial charge in [-0.3, -0.25) is 4.79 Å². The Morgan fingerprint density at radius 3 is 2.71 bits per heavy atom. The number of halogens is 1. The van der Waals surface area contributed by atoms with E-state index in [4.69, 9.17) is 0 Å². The zero-order valence-electron chi connectivity index (χ0n) is 11.1. The molecular weight excluding hydrogens is 307 g/mol. The fourth-order valence-corrected chi connectivity index (χ4v) is 3.40. The van der Waals surface area contributed by atoms with Crippen LogP contribution in [0.2, 0.25) is 0 Å². The molecule has 106 valence electrons. The summed E-state index contributed by atoms with van der Waals surface area (Å²) in [5.41, 5.74) is 2.04. The van der Waals surface area contributed by atoms with E-state index in [1.165, 1.54) is 24.3 Å². The Bertz CT molecular complexity index is 799. The number of thiazole rings is 1. The molecule has 0 aliphatic rings. The Hall–Kier alpha value is -1.92. The highest BCUT2D eigenvalue weighted by molar-refractivity contribution is 8.00. The normalized spacial score (nSPS) is 10.8. The largest absolute Gasteiger partial charge is 0.322 e. The lowest BCUT2D eigenvalue weighted by atomic mass is 10.2. The van der Waals surface area contributed by atoms with Crippen molar-refractivity contribution in [1.82, 2.24) is 4.98 Å². The minimum absolute atomic E-state index is 0.260.